The number of anilines is 1. The summed E-state index contributed by atoms with van der Waals surface area (Å²) in [5.41, 5.74) is 0.258. The summed E-state index contributed by atoms with van der Waals surface area (Å²) in [4.78, 5) is 17.3. The largest absolute Gasteiger partial charge is 0.478 e. The Bertz CT molecular complexity index is 418. The zero-order valence-corrected chi connectivity index (χ0v) is 9.67. The fourth-order valence-corrected chi connectivity index (χ4v) is 3.12. The number of rotatable bonds is 2. The first-order chi connectivity index (χ1) is 8.24. The molecule has 1 N–H and O–H groups in total. The van der Waals surface area contributed by atoms with Gasteiger partial charge in [-0.05, 0) is 36.8 Å². The molecule has 90 valence electrons. The van der Waals surface area contributed by atoms with E-state index in [4.69, 9.17) is 5.11 Å². The highest BCUT2D eigenvalue weighted by Gasteiger charge is 2.36. The molecule has 4 nitrogen and oxygen atoms in total. The quantitative estimate of drug-likeness (QED) is 0.847. The zero-order chi connectivity index (χ0) is 11.8. The SMILES string of the molecule is O=C(O)c1ccc(N2CC3CCCC3C2)nc1. The van der Waals surface area contributed by atoms with Crippen LogP contribution in [0.3, 0.4) is 0 Å². The van der Waals surface area contributed by atoms with Gasteiger partial charge in [0.15, 0.2) is 0 Å². The van der Waals surface area contributed by atoms with E-state index >= 15 is 0 Å². The van der Waals surface area contributed by atoms with Gasteiger partial charge in [0.05, 0.1) is 5.56 Å². The molecule has 0 bridgehead atoms. The number of aromatic carboxylic acids is 1. The van der Waals surface area contributed by atoms with Crippen LogP contribution in [0.1, 0.15) is 29.6 Å². The van der Waals surface area contributed by atoms with Crippen molar-refractivity contribution in [2.75, 3.05) is 18.0 Å². The predicted octanol–water partition coefficient (Wildman–Crippen LogP) is 2.02. The third kappa shape index (κ3) is 1.88. The minimum absolute atomic E-state index is 0.258. The summed E-state index contributed by atoms with van der Waals surface area (Å²) in [6, 6.07) is 3.46. The molecule has 2 atom stereocenters. The van der Waals surface area contributed by atoms with Crippen LogP contribution in [0.5, 0.6) is 0 Å². The van der Waals surface area contributed by atoms with E-state index in [2.05, 4.69) is 9.88 Å². The van der Waals surface area contributed by atoms with Gasteiger partial charge in [-0.25, -0.2) is 9.78 Å². The second-order valence-electron chi connectivity index (χ2n) is 5.07. The Hall–Kier alpha value is -1.58. The molecule has 2 aliphatic rings. The van der Waals surface area contributed by atoms with E-state index < -0.39 is 5.97 Å². The van der Waals surface area contributed by atoms with Crippen LogP contribution in [0.15, 0.2) is 18.3 Å². The summed E-state index contributed by atoms with van der Waals surface area (Å²) >= 11 is 0. The van der Waals surface area contributed by atoms with Gasteiger partial charge >= 0.3 is 5.97 Å². The van der Waals surface area contributed by atoms with Gasteiger partial charge in [0.2, 0.25) is 0 Å². The standard InChI is InChI=1S/C13H16N2O2/c16-13(17)9-4-5-12(14-6-9)15-7-10-2-1-3-11(10)8-15/h4-6,10-11H,1-3,7-8H2,(H,16,17). The number of fused-ring (bicyclic) bond motifs is 1. The molecular formula is C13H16N2O2. The van der Waals surface area contributed by atoms with Crippen molar-refractivity contribution in [2.45, 2.75) is 19.3 Å². The van der Waals surface area contributed by atoms with E-state index in [-0.39, 0.29) is 5.56 Å². The summed E-state index contributed by atoms with van der Waals surface area (Å²) < 4.78 is 0. The van der Waals surface area contributed by atoms with Crippen LogP contribution < -0.4 is 4.90 Å². The molecule has 1 aromatic rings. The highest BCUT2D eigenvalue weighted by atomic mass is 16.4. The van der Waals surface area contributed by atoms with Crippen molar-refractivity contribution in [1.29, 1.82) is 0 Å². The van der Waals surface area contributed by atoms with Crippen molar-refractivity contribution in [3.63, 3.8) is 0 Å². The van der Waals surface area contributed by atoms with Gasteiger partial charge in [0, 0.05) is 19.3 Å². The first kappa shape index (κ1) is 10.6. The summed E-state index contributed by atoms with van der Waals surface area (Å²) in [7, 11) is 0. The van der Waals surface area contributed by atoms with Crippen molar-refractivity contribution in [3.8, 4) is 0 Å². The highest BCUT2D eigenvalue weighted by Crippen LogP contribution is 2.38. The summed E-state index contributed by atoms with van der Waals surface area (Å²) in [6.45, 7) is 2.17. The molecule has 1 aliphatic carbocycles. The maximum atomic E-state index is 10.7. The lowest BCUT2D eigenvalue weighted by Crippen LogP contribution is -2.21. The van der Waals surface area contributed by atoms with Gasteiger partial charge in [0.1, 0.15) is 5.82 Å². The Morgan fingerprint density at radius 1 is 1.29 bits per heavy atom. The van der Waals surface area contributed by atoms with Crippen LogP contribution in [0.25, 0.3) is 0 Å². The number of carboxylic acids is 1. The number of hydrogen-bond acceptors (Lipinski definition) is 3. The zero-order valence-electron chi connectivity index (χ0n) is 9.67. The smallest absolute Gasteiger partial charge is 0.337 e. The first-order valence-electron chi connectivity index (χ1n) is 6.18. The van der Waals surface area contributed by atoms with Gasteiger partial charge in [0.25, 0.3) is 0 Å². The lowest BCUT2D eigenvalue weighted by Gasteiger charge is -2.18. The van der Waals surface area contributed by atoms with Crippen LogP contribution >= 0.6 is 0 Å². The lowest BCUT2D eigenvalue weighted by atomic mass is 10.0. The fourth-order valence-electron chi connectivity index (χ4n) is 3.12. The Labute approximate surface area is 100 Å². The molecular weight excluding hydrogens is 216 g/mol. The Kier molecular flexibility index (Phi) is 2.50. The number of pyridine rings is 1. The molecule has 0 radical (unpaired) electrons. The Morgan fingerprint density at radius 3 is 2.53 bits per heavy atom. The Balaban J connectivity index is 1.75. The van der Waals surface area contributed by atoms with Crippen molar-refractivity contribution in [2.24, 2.45) is 11.8 Å². The summed E-state index contributed by atoms with van der Waals surface area (Å²) in [6.07, 6.45) is 5.50. The van der Waals surface area contributed by atoms with E-state index in [1.165, 1.54) is 25.5 Å². The van der Waals surface area contributed by atoms with Crippen LogP contribution in [0, 0.1) is 11.8 Å². The van der Waals surface area contributed by atoms with Gasteiger partial charge in [-0.2, -0.15) is 0 Å². The van der Waals surface area contributed by atoms with Crippen LogP contribution in [-0.2, 0) is 0 Å². The monoisotopic (exact) mass is 232 g/mol. The fraction of sp³-hybridized carbons (Fsp3) is 0.538. The van der Waals surface area contributed by atoms with Gasteiger partial charge < -0.3 is 10.0 Å². The topological polar surface area (TPSA) is 53.4 Å². The molecule has 2 unspecified atom stereocenters. The van der Waals surface area contributed by atoms with Crippen molar-refractivity contribution in [1.82, 2.24) is 4.98 Å². The maximum Gasteiger partial charge on any atom is 0.337 e. The second kappa shape index (κ2) is 4.02. The van der Waals surface area contributed by atoms with Crippen molar-refractivity contribution < 1.29 is 9.90 Å². The van der Waals surface area contributed by atoms with Crippen LogP contribution in [0.4, 0.5) is 5.82 Å². The molecule has 4 heteroatoms. The van der Waals surface area contributed by atoms with Gasteiger partial charge in [-0.15, -0.1) is 0 Å². The number of nitrogens with zero attached hydrogens (tertiary/aromatic N) is 2. The minimum atomic E-state index is -0.914. The van der Waals surface area contributed by atoms with Gasteiger partial charge in [-0.3, -0.25) is 0 Å². The Morgan fingerprint density at radius 2 is 2.00 bits per heavy atom. The first-order valence-corrected chi connectivity index (χ1v) is 6.18. The number of aromatic nitrogens is 1. The molecule has 3 rings (SSSR count). The van der Waals surface area contributed by atoms with Gasteiger partial charge in [-0.1, -0.05) is 6.42 Å². The molecule has 0 amide bonds. The average molecular weight is 232 g/mol. The molecule has 1 aromatic heterocycles. The average Bonchev–Trinajstić information content (AvgIpc) is 2.89. The molecule has 2 heterocycles. The number of carboxylic acid groups (broad SMARTS) is 1. The summed E-state index contributed by atoms with van der Waals surface area (Å²) in [5.74, 6) is 1.67. The van der Waals surface area contributed by atoms with E-state index in [9.17, 15) is 4.79 Å². The summed E-state index contributed by atoms with van der Waals surface area (Å²) in [5, 5.41) is 8.82. The van der Waals surface area contributed by atoms with E-state index in [1.807, 2.05) is 6.07 Å². The highest BCUT2D eigenvalue weighted by molar-refractivity contribution is 5.87. The second-order valence-corrected chi connectivity index (χ2v) is 5.07. The van der Waals surface area contributed by atoms with Crippen molar-refractivity contribution in [3.05, 3.63) is 23.9 Å². The minimum Gasteiger partial charge on any atom is -0.478 e. The maximum absolute atomic E-state index is 10.7. The molecule has 0 spiro atoms. The molecule has 1 saturated heterocycles. The molecule has 0 aromatic carbocycles. The van der Waals surface area contributed by atoms with Crippen LogP contribution in [-0.4, -0.2) is 29.1 Å². The third-order valence-corrected chi connectivity index (χ3v) is 4.05. The lowest BCUT2D eigenvalue weighted by molar-refractivity contribution is 0.0696. The van der Waals surface area contributed by atoms with E-state index in [0.717, 1.165) is 30.7 Å². The van der Waals surface area contributed by atoms with Crippen LogP contribution in [0.2, 0.25) is 0 Å². The number of hydrogen-bond donors (Lipinski definition) is 1. The van der Waals surface area contributed by atoms with E-state index in [0.29, 0.717) is 0 Å². The van der Waals surface area contributed by atoms with E-state index in [1.54, 1.807) is 6.07 Å². The number of carbonyl (C=O) groups is 1. The molecule has 17 heavy (non-hydrogen) atoms. The molecule has 1 aliphatic heterocycles. The normalized spacial score (nSPS) is 27.2. The van der Waals surface area contributed by atoms with Crippen molar-refractivity contribution >= 4 is 11.8 Å². The third-order valence-electron chi connectivity index (χ3n) is 4.05. The predicted molar refractivity (Wildman–Crippen MR) is 64.2 cm³/mol. The molecule has 2 fully saturated rings. The molecule has 1 saturated carbocycles.